The second-order valence-corrected chi connectivity index (χ2v) is 6.60. The van der Waals surface area contributed by atoms with E-state index >= 15 is 0 Å². The molecular formula is C20H32N2O3. The van der Waals surface area contributed by atoms with Crippen molar-refractivity contribution >= 4 is 11.6 Å². The molecule has 2 rings (SSSR count). The molecule has 0 aliphatic carbocycles. The van der Waals surface area contributed by atoms with Crippen molar-refractivity contribution in [2.45, 2.75) is 58.0 Å². The van der Waals surface area contributed by atoms with Crippen LogP contribution in [0.15, 0.2) is 24.3 Å². The minimum absolute atomic E-state index is 0.0466. The SMILES string of the molecule is CCCCCCCOc1cccc(NC(=O)CNCC2CCCO2)c1. The average molecular weight is 348 g/mol. The van der Waals surface area contributed by atoms with Crippen LogP contribution in [0.25, 0.3) is 0 Å². The maximum absolute atomic E-state index is 12.0. The second kappa shape index (κ2) is 11.9. The fraction of sp³-hybridized carbons (Fsp3) is 0.650. The first-order chi connectivity index (χ1) is 12.3. The quantitative estimate of drug-likeness (QED) is 0.565. The van der Waals surface area contributed by atoms with Crippen molar-refractivity contribution in [1.82, 2.24) is 5.32 Å². The highest BCUT2D eigenvalue weighted by Gasteiger charge is 2.15. The van der Waals surface area contributed by atoms with E-state index in [0.29, 0.717) is 6.54 Å². The molecule has 0 spiro atoms. The molecule has 1 amide bonds. The van der Waals surface area contributed by atoms with Crippen LogP contribution < -0.4 is 15.4 Å². The average Bonchev–Trinajstić information content (AvgIpc) is 3.12. The number of carbonyl (C=O) groups is 1. The van der Waals surface area contributed by atoms with Gasteiger partial charge < -0.3 is 20.1 Å². The summed E-state index contributed by atoms with van der Waals surface area (Å²) in [5.74, 6) is 0.760. The topological polar surface area (TPSA) is 59.6 Å². The van der Waals surface area contributed by atoms with Gasteiger partial charge in [0.25, 0.3) is 0 Å². The molecule has 1 aliphatic rings. The van der Waals surface area contributed by atoms with E-state index in [0.717, 1.165) is 50.5 Å². The molecule has 5 nitrogen and oxygen atoms in total. The Hall–Kier alpha value is -1.59. The summed E-state index contributed by atoms with van der Waals surface area (Å²) in [4.78, 5) is 12.0. The van der Waals surface area contributed by atoms with E-state index in [1.165, 1.54) is 25.7 Å². The summed E-state index contributed by atoms with van der Waals surface area (Å²) in [6.07, 6.45) is 8.55. The lowest BCUT2D eigenvalue weighted by atomic mass is 10.2. The van der Waals surface area contributed by atoms with Gasteiger partial charge >= 0.3 is 0 Å². The van der Waals surface area contributed by atoms with Crippen molar-refractivity contribution in [2.75, 3.05) is 31.6 Å². The molecule has 1 aliphatic heterocycles. The van der Waals surface area contributed by atoms with Crippen LogP contribution in [0.1, 0.15) is 51.9 Å². The zero-order chi connectivity index (χ0) is 17.7. The molecule has 140 valence electrons. The van der Waals surface area contributed by atoms with Crippen molar-refractivity contribution in [1.29, 1.82) is 0 Å². The van der Waals surface area contributed by atoms with Crippen LogP contribution >= 0.6 is 0 Å². The van der Waals surface area contributed by atoms with Crippen molar-refractivity contribution in [3.63, 3.8) is 0 Å². The zero-order valence-corrected chi connectivity index (χ0v) is 15.4. The van der Waals surface area contributed by atoms with Gasteiger partial charge in [-0.3, -0.25) is 4.79 Å². The Labute approximate surface area is 151 Å². The normalized spacial score (nSPS) is 16.8. The monoisotopic (exact) mass is 348 g/mol. The number of nitrogens with one attached hydrogen (secondary N) is 2. The van der Waals surface area contributed by atoms with Gasteiger partial charge in [0.2, 0.25) is 5.91 Å². The number of hydrogen-bond acceptors (Lipinski definition) is 4. The number of ether oxygens (including phenoxy) is 2. The Balaban J connectivity index is 1.62. The van der Waals surface area contributed by atoms with Crippen molar-refractivity contribution in [3.05, 3.63) is 24.3 Å². The van der Waals surface area contributed by atoms with Crippen LogP contribution in [0.4, 0.5) is 5.69 Å². The minimum Gasteiger partial charge on any atom is -0.494 e. The lowest BCUT2D eigenvalue weighted by molar-refractivity contribution is -0.115. The molecule has 0 saturated carbocycles. The van der Waals surface area contributed by atoms with Gasteiger partial charge in [0.1, 0.15) is 5.75 Å². The summed E-state index contributed by atoms with van der Waals surface area (Å²) < 4.78 is 11.3. The molecule has 1 heterocycles. The number of amides is 1. The van der Waals surface area contributed by atoms with Crippen LogP contribution in [-0.4, -0.2) is 38.3 Å². The molecule has 1 fully saturated rings. The van der Waals surface area contributed by atoms with Gasteiger partial charge in [0.05, 0.1) is 19.3 Å². The number of benzene rings is 1. The van der Waals surface area contributed by atoms with Gasteiger partial charge in [0.15, 0.2) is 0 Å². The van der Waals surface area contributed by atoms with E-state index in [9.17, 15) is 4.79 Å². The molecule has 0 radical (unpaired) electrons. The summed E-state index contributed by atoms with van der Waals surface area (Å²) >= 11 is 0. The second-order valence-electron chi connectivity index (χ2n) is 6.60. The van der Waals surface area contributed by atoms with E-state index in [1.807, 2.05) is 24.3 Å². The molecule has 0 aromatic heterocycles. The number of hydrogen-bond donors (Lipinski definition) is 2. The van der Waals surface area contributed by atoms with Gasteiger partial charge in [-0.2, -0.15) is 0 Å². The molecule has 0 bridgehead atoms. The minimum atomic E-state index is -0.0466. The first-order valence-electron chi connectivity index (χ1n) is 9.63. The van der Waals surface area contributed by atoms with E-state index in [2.05, 4.69) is 17.6 Å². The molecule has 1 unspecified atom stereocenters. The van der Waals surface area contributed by atoms with E-state index in [4.69, 9.17) is 9.47 Å². The van der Waals surface area contributed by atoms with E-state index in [-0.39, 0.29) is 12.0 Å². The molecule has 1 aromatic carbocycles. The maximum atomic E-state index is 12.0. The zero-order valence-electron chi connectivity index (χ0n) is 15.4. The van der Waals surface area contributed by atoms with Gasteiger partial charge in [-0.25, -0.2) is 0 Å². The van der Waals surface area contributed by atoms with Crippen molar-refractivity contribution in [3.8, 4) is 5.75 Å². The Morgan fingerprint density at radius 2 is 2.16 bits per heavy atom. The van der Waals surface area contributed by atoms with E-state index < -0.39 is 0 Å². The van der Waals surface area contributed by atoms with Crippen LogP contribution in [0, 0.1) is 0 Å². The molecule has 1 atom stereocenters. The van der Waals surface area contributed by atoms with Crippen LogP contribution in [0.2, 0.25) is 0 Å². The van der Waals surface area contributed by atoms with Crippen molar-refractivity contribution < 1.29 is 14.3 Å². The molecule has 25 heavy (non-hydrogen) atoms. The van der Waals surface area contributed by atoms with Crippen LogP contribution in [0.5, 0.6) is 5.75 Å². The Morgan fingerprint density at radius 3 is 2.96 bits per heavy atom. The molecule has 1 aromatic rings. The summed E-state index contributed by atoms with van der Waals surface area (Å²) in [5, 5.41) is 6.06. The third-order valence-corrected chi connectivity index (χ3v) is 4.32. The van der Waals surface area contributed by atoms with Crippen LogP contribution in [-0.2, 0) is 9.53 Å². The predicted octanol–water partition coefficient (Wildman–Crippen LogP) is 3.74. The van der Waals surface area contributed by atoms with Gasteiger partial charge in [-0.15, -0.1) is 0 Å². The smallest absolute Gasteiger partial charge is 0.238 e. The maximum Gasteiger partial charge on any atom is 0.238 e. The van der Waals surface area contributed by atoms with Gasteiger partial charge in [0, 0.05) is 24.9 Å². The third-order valence-electron chi connectivity index (χ3n) is 4.32. The number of anilines is 1. The molecule has 2 N–H and O–H groups in total. The molecular weight excluding hydrogens is 316 g/mol. The van der Waals surface area contributed by atoms with Crippen LogP contribution in [0.3, 0.4) is 0 Å². The highest BCUT2D eigenvalue weighted by molar-refractivity contribution is 5.92. The first-order valence-corrected chi connectivity index (χ1v) is 9.63. The summed E-state index contributed by atoms with van der Waals surface area (Å²) in [5.41, 5.74) is 0.771. The van der Waals surface area contributed by atoms with E-state index in [1.54, 1.807) is 0 Å². The Morgan fingerprint density at radius 1 is 1.28 bits per heavy atom. The number of unbranched alkanes of at least 4 members (excludes halogenated alkanes) is 4. The summed E-state index contributed by atoms with van der Waals surface area (Å²) in [7, 11) is 0. The number of carbonyl (C=O) groups excluding carboxylic acids is 1. The highest BCUT2D eigenvalue weighted by atomic mass is 16.5. The third kappa shape index (κ3) is 8.36. The standard InChI is InChI=1S/C20H32N2O3/c1-2-3-4-5-6-12-24-18-10-7-9-17(14-18)22-20(23)16-21-15-19-11-8-13-25-19/h7,9-10,14,19,21H,2-6,8,11-13,15-16H2,1H3,(H,22,23). The fourth-order valence-corrected chi connectivity index (χ4v) is 2.92. The lowest BCUT2D eigenvalue weighted by Gasteiger charge is -2.12. The molecule has 5 heteroatoms. The predicted molar refractivity (Wildman–Crippen MR) is 101 cm³/mol. The largest absolute Gasteiger partial charge is 0.494 e. The van der Waals surface area contributed by atoms with Gasteiger partial charge in [-0.05, 0) is 31.4 Å². The first kappa shape index (κ1) is 19.7. The van der Waals surface area contributed by atoms with Gasteiger partial charge in [-0.1, -0.05) is 38.7 Å². The summed E-state index contributed by atoms with van der Waals surface area (Å²) in [6.45, 7) is 4.80. The lowest BCUT2D eigenvalue weighted by Crippen LogP contribution is -2.33. The number of rotatable bonds is 12. The van der Waals surface area contributed by atoms with Crippen molar-refractivity contribution in [2.24, 2.45) is 0 Å². The Bertz CT molecular complexity index is 501. The Kier molecular flexibility index (Phi) is 9.37. The summed E-state index contributed by atoms with van der Waals surface area (Å²) in [6, 6.07) is 7.59. The highest BCUT2D eigenvalue weighted by Crippen LogP contribution is 2.18. The fourth-order valence-electron chi connectivity index (χ4n) is 2.92. The molecule has 1 saturated heterocycles.